The highest BCUT2D eigenvalue weighted by atomic mass is 16.6. The number of rotatable bonds is 4. The second kappa shape index (κ2) is 6.67. The molecule has 0 radical (unpaired) electrons. The zero-order chi connectivity index (χ0) is 20.1. The third-order valence-electron chi connectivity index (χ3n) is 6.36. The van der Waals surface area contributed by atoms with Crippen LogP contribution in [0.3, 0.4) is 0 Å². The van der Waals surface area contributed by atoms with Crippen LogP contribution in [0.2, 0.25) is 0 Å². The van der Waals surface area contributed by atoms with E-state index in [0.29, 0.717) is 18.7 Å². The minimum Gasteiger partial charge on any atom is -0.490 e. The van der Waals surface area contributed by atoms with Gasteiger partial charge in [0.1, 0.15) is 18.1 Å². The summed E-state index contributed by atoms with van der Waals surface area (Å²) < 4.78 is 17.7. The lowest BCUT2D eigenvalue weighted by atomic mass is 9.76. The van der Waals surface area contributed by atoms with Gasteiger partial charge in [0, 0.05) is 18.4 Å². The molecule has 2 unspecified atom stereocenters. The molecule has 152 valence electrons. The van der Waals surface area contributed by atoms with E-state index in [1.807, 2.05) is 47.4 Å². The van der Waals surface area contributed by atoms with Crippen molar-refractivity contribution in [1.82, 2.24) is 15.1 Å². The Bertz CT molecular complexity index is 1060. The fourth-order valence-electron chi connectivity index (χ4n) is 4.94. The number of hydrogen-bond donors (Lipinski definition) is 0. The Labute approximate surface area is 173 Å². The highest BCUT2D eigenvalue weighted by molar-refractivity contribution is 5.89. The summed E-state index contributed by atoms with van der Waals surface area (Å²) >= 11 is 0. The van der Waals surface area contributed by atoms with E-state index in [2.05, 4.69) is 22.3 Å². The van der Waals surface area contributed by atoms with Crippen LogP contribution in [0.15, 0.2) is 65.4 Å². The number of benzene rings is 2. The van der Waals surface area contributed by atoms with Crippen molar-refractivity contribution in [2.75, 3.05) is 0 Å². The molecule has 3 aromatic rings. The molecule has 1 spiro atoms. The van der Waals surface area contributed by atoms with Gasteiger partial charge in [0.15, 0.2) is 5.60 Å². The fourth-order valence-corrected chi connectivity index (χ4v) is 4.94. The van der Waals surface area contributed by atoms with Crippen molar-refractivity contribution < 1.29 is 18.7 Å². The first-order chi connectivity index (χ1) is 14.7. The van der Waals surface area contributed by atoms with Gasteiger partial charge in [-0.15, -0.1) is 10.2 Å². The van der Waals surface area contributed by atoms with Crippen LogP contribution in [0.1, 0.15) is 37.3 Å². The van der Waals surface area contributed by atoms with Crippen molar-refractivity contribution in [3.63, 3.8) is 0 Å². The molecule has 1 aromatic heterocycles. The van der Waals surface area contributed by atoms with Gasteiger partial charge in [0.25, 0.3) is 5.91 Å². The van der Waals surface area contributed by atoms with Gasteiger partial charge >= 0.3 is 0 Å². The molecule has 0 bridgehead atoms. The molecule has 2 atom stereocenters. The first-order valence-electron chi connectivity index (χ1n) is 10.3. The molecular formula is C23H21N3O4. The molecule has 3 heterocycles. The summed E-state index contributed by atoms with van der Waals surface area (Å²) in [5.41, 5.74) is 1.25. The molecule has 3 aliphatic rings. The Morgan fingerprint density at radius 1 is 1.07 bits per heavy atom. The SMILES string of the molecule is O=C1N2C(CCC2c2ccccc2)OC12CC(Oc1cccc(-c3nnco3)c1)C2. The third kappa shape index (κ3) is 2.73. The van der Waals surface area contributed by atoms with E-state index in [4.69, 9.17) is 13.9 Å². The molecule has 7 heteroatoms. The lowest BCUT2D eigenvalue weighted by molar-refractivity contribution is -0.162. The number of fused-ring (bicyclic) bond motifs is 1. The summed E-state index contributed by atoms with van der Waals surface area (Å²) in [4.78, 5) is 15.3. The molecule has 2 aliphatic heterocycles. The van der Waals surface area contributed by atoms with Crippen molar-refractivity contribution in [2.24, 2.45) is 0 Å². The van der Waals surface area contributed by atoms with Crippen molar-refractivity contribution in [1.29, 1.82) is 0 Å². The number of hydrogen-bond acceptors (Lipinski definition) is 6. The molecule has 30 heavy (non-hydrogen) atoms. The van der Waals surface area contributed by atoms with Crippen LogP contribution in [-0.2, 0) is 9.53 Å². The van der Waals surface area contributed by atoms with E-state index in [9.17, 15) is 4.79 Å². The second-order valence-corrected chi connectivity index (χ2v) is 8.20. The summed E-state index contributed by atoms with van der Waals surface area (Å²) in [7, 11) is 0. The third-order valence-corrected chi connectivity index (χ3v) is 6.36. The summed E-state index contributed by atoms with van der Waals surface area (Å²) in [6.07, 6.45) is 4.10. The number of ether oxygens (including phenoxy) is 2. The maximum Gasteiger partial charge on any atom is 0.257 e. The fraction of sp³-hybridized carbons (Fsp3) is 0.348. The van der Waals surface area contributed by atoms with Crippen molar-refractivity contribution >= 4 is 5.91 Å². The monoisotopic (exact) mass is 403 g/mol. The zero-order valence-corrected chi connectivity index (χ0v) is 16.3. The van der Waals surface area contributed by atoms with E-state index in [0.717, 1.165) is 24.2 Å². The Morgan fingerprint density at radius 3 is 2.73 bits per heavy atom. The van der Waals surface area contributed by atoms with E-state index in [-0.39, 0.29) is 24.3 Å². The van der Waals surface area contributed by atoms with Crippen LogP contribution in [0.4, 0.5) is 0 Å². The Balaban J connectivity index is 1.14. The highest BCUT2D eigenvalue weighted by Gasteiger charge is 2.63. The quantitative estimate of drug-likeness (QED) is 0.661. The maximum absolute atomic E-state index is 13.3. The zero-order valence-electron chi connectivity index (χ0n) is 16.3. The largest absolute Gasteiger partial charge is 0.490 e. The van der Waals surface area contributed by atoms with Crippen LogP contribution in [0, 0.1) is 0 Å². The Kier molecular flexibility index (Phi) is 3.92. The molecule has 7 nitrogen and oxygen atoms in total. The number of carbonyl (C=O) groups excluding carboxylic acids is 1. The average molecular weight is 403 g/mol. The van der Waals surface area contributed by atoms with Gasteiger partial charge in [-0.25, -0.2) is 0 Å². The van der Waals surface area contributed by atoms with E-state index >= 15 is 0 Å². The number of carbonyl (C=O) groups is 1. The maximum atomic E-state index is 13.3. The second-order valence-electron chi connectivity index (χ2n) is 8.20. The summed E-state index contributed by atoms with van der Waals surface area (Å²) in [5, 5.41) is 7.64. The molecular weight excluding hydrogens is 382 g/mol. The molecule has 3 fully saturated rings. The van der Waals surface area contributed by atoms with Crippen molar-refractivity contribution in [3.05, 3.63) is 66.6 Å². The van der Waals surface area contributed by atoms with Gasteiger partial charge in [0.2, 0.25) is 12.3 Å². The topological polar surface area (TPSA) is 77.7 Å². The molecule has 2 saturated heterocycles. The highest BCUT2D eigenvalue weighted by Crippen LogP contribution is 2.51. The van der Waals surface area contributed by atoms with Crippen LogP contribution in [0.5, 0.6) is 5.75 Å². The predicted molar refractivity (Wildman–Crippen MR) is 106 cm³/mol. The lowest BCUT2D eigenvalue weighted by Gasteiger charge is -2.42. The molecule has 1 aliphatic carbocycles. The van der Waals surface area contributed by atoms with Gasteiger partial charge in [0.05, 0.1) is 6.04 Å². The lowest BCUT2D eigenvalue weighted by Crippen LogP contribution is -2.55. The van der Waals surface area contributed by atoms with Crippen LogP contribution in [0.25, 0.3) is 11.5 Å². The molecule has 1 saturated carbocycles. The number of amides is 1. The van der Waals surface area contributed by atoms with Gasteiger partial charge in [-0.1, -0.05) is 36.4 Å². The van der Waals surface area contributed by atoms with Crippen LogP contribution >= 0.6 is 0 Å². The van der Waals surface area contributed by atoms with E-state index in [1.165, 1.54) is 12.0 Å². The van der Waals surface area contributed by atoms with Gasteiger partial charge in [-0.2, -0.15) is 0 Å². The van der Waals surface area contributed by atoms with E-state index < -0.39 is 5.60 Å². The Hall–Kier alpha value is -3.19. The number of nitrogens with zero attached hydrogens (tertiary/aromatic N) is 3. The average Bonchev–Trinajstić information content (AvgIpc) is 3.47. The Morgan fingerprint density at radius 2 is 1.93 bits per heavy atom. The van der Waals surface area contributed by atoms with Crippen LogP contribution < -0.4 is 4.74 Å². The van der Waals surface area contributed by atoms with Gasteiger partial charge in [-0.05, 0) is 36.6 Å². The number of aromatic nitrogens is 2. The van der Waals surface area contributed by atoms with Gasteiger partial charge in [-0.3, -0.25) is 4.79 Å². The van der Waals surface area contributed by atoms with Crippen LogP contribution in [-0.4, -0.2) is 38.9 Å². The molecule has 0 N–H and O–H groups in total. The minimum atomic E-state index is -0.729. The normalized spacial score (nSPS) is 29.8. The first kappa shape index (κ1) is 17.7. The summed E-state index contributed by atoms with van der Waals surface area (Å²) in [6.45, 7) is 0. The van der Waals surface area contributed by atoms with E-state index in [1.54, 1.807) is 0 Å². The predicted octanol–water partition coefficient (Wildman–Crippen LogP) is 3.74. The summed E-state index contributed by atoms with van der Waals surface area (Å²) in [5.74, 6) is 1.28. The molecule has 1 amide bonds. The molecule has 6 rings (SSSR count). The molecule has 2 aromatic carbocycles. The van der Waals surface area contributed by atoms with Gasteiger partial charge < -0.3 is 18.8 Å². The summed E-state index contributed by atoms with van der Waals surface area (Å²) in [6, 6.07) is 17.9. The first-order valence-corrected chi connectivity index (χ1v) is 10.3. The smallest absolute Gasteiger partial charge is 0.257 e. The standard InChI is InChI=1S/C23H21N3O4/c27-22-23(30-20-10-9-19(26(20)22)15-5-2-1-3-6-15)12-18(13-23)29-17-8-4-7-16(11-17)21-25-24-14-28-21/h1-8,11,14,18-20H,9-10,12-13H2. The van der Waals surface area contributed by atoms with Crippen molar-refractivity contribution in [3.8, 4) is 17.2 Å². The van der Waals surface area contributed by atoms with Crippen molar-refractivity contribution in [2.45, 2.75) is 49.7 Å². The minimum absolute atomic E-state index is 0.0536.